The predicted octanol–water partition coefficient (Wildman–Crippen LogP) is 3.16. The second-order valence-corrected chi connectivity index (χ2v) is 4.88. The van der Waals surface area contributed by atoms with Crippen molar-refractivity contribution in [3.8, 4) is 6.26 Å². The first-order valence-corrected chi connectivity index (χ1v) is 6.97. The second kappa shape index (κ2) is 6.89. The highest BCUT2D eigenvalue weighted by molar-refractivity contribution is 5.90. The van der Waals surface area contributed by atoms with Crippen LogP contribution in [0.4, 0.5) is 10.1 Å². The molecule has 0 N–H and O–H groups in total. The number of nitrogens with zero attached hydrogens (tertiary/aromatic N) is 2. The lowest BCUT2D eigenvalue weighted by Gasteiger charge is -2.31. The molecule has 5 heteroatoms. The number of nitriles is 1. The van der Waals surface area contributed by atoms with Crippen LogP contribution < -0.4 is 4.90 Å². The molecule has 1 heterocycles. The molecule has 0 aliphatic carbocycles. The van der Waals surface area contributed by atoms with Gasteiger partial charge in [-0.15, -0.1) is 5.26 Å². The molecule has 1 fully saturated rings. The molecule has 0 radical (unpaired) electrons. The number of carbonyl (C=O) groups excluding carboxylic acids is 1. The molecule has 0 spiro atoms. The average Bonchev–Trinajstić information content (AvgIpc) is 2.50. The highest BCUT2D eigenvalue weighted by atomic mass is 19.1. The van der Waals surface area contributed by atoms with Gasteiger partial charge >= 0.3 is 5.97 Å². The largest absolute Gasteiger partial charge is 0.371 e. The summed E-state index contributed by atoms with van der Waals surface area (Å²) in [6.07, 6.45) is 3.50. The fourth-order valence-corrected chi connectivity index (χ4v) is 2.63. The quantitative estimate of drug-likeness (QED) is 0.487. The van der Waals surface area contributed by atoms with Gasteiger partial charge in [-0.05, 0) is 43.5 Å². The molecule has 2 rings (SSSR count). The van der Waals surface area contributed by atoms with Crippen LogP contribution in [-0.4, -0.2) is 19.1 Å². The first kappa shape index (κ1) is 15.0. The Hall–Kier alpha value is -2.35. The smallest absolute Gasteiger partial charge is 0.349 e. The number of hydrogen-bond acceptors (Lipinski definition) is 4. The second-order valence-electron chi connectivity index (χ2n) is 4.88. The molecule has 0 atom stereocenters. The summed E-state index contributed by atoms with van der Waals surface area (Å²) in [7, 11) is 0. The summed E-state index contributed by atoms with van der Waals surface area (Å²) in [6.45, 7) is 3.42. The van der Waals surface area contributed by atoms with Crippen molar-refractivity contribution in [2.45, 2.75) is 26.2 Å². The van der Waals surface area contributed by atoms with Gasteiger partial charge in [0.2, 0.25) is 0 Å². The van der Waals surface area contributed by atoms with Crippen LogP contribution in [0.25, 0.3) is 0 Å². The maximum absolute atomic E-state index is 12.9. The van der Waals surface area contributed by atoms with Crippen molar-refractivity contribution >= 4 is 11.7 Å². The van der Waals surface area contributed by atoms with Gasteiger partial charge in [-0.25, -0.2) is 9.18 Å². The van der Waals surface area contributed by atoms with Crippen molar-refractivity contribution in [3.63, 3.8) is 0 Å². The first-order valence-electron chi connectivity index (χ1n) is 6.97. The molecule has 0 aromatic heterocycles. The van der Waals surface area contributed by atoms with E-state index >= 15 is 0 Å². The summed E-state index contributed by atoms with van der Waals surface area (Å²) in [6, 6.07) is 6.41. The van der Waals surface area contributed by atoms with Crippen LogP contribution in [0.5, 0.6) is 0 Å². The molecule has 0 bridgehead atoms. The highest BCUT2D eigenvalue weighted by Gasteiger charge is 2.21. The number of hydrogen-bond donors (Lipinski definition) is 0. The number of rotatable bonds is 3. The van der Waals surface area contributed by atoms with Crippen molar-refractivity contribution < 1.29 is 13.9 Å². The maximum atomic E-state index is 12.9. The fraction of sp³-hybridized carbons (Fsp3) is 0.375. The number of piperidine rings is 1. The SMILES string of the molecule is CCC(C(=O)OC#N)=C1CCN(c2ccc(F)cc2)CC1. The van der Waals surface area contributed by atoms with Crippen LogP contribution in [-0.2, 0) is 9.53 Å². The van der Waals surface area contributed by atoms with Crippen LogP contribution in [0, 0.1) is 17.3 Å². The molecule has 1 aromatic carbocycles. The molecule has 0 amide bonds. The highest BCUT2D eigenvalue weighted by Crippen LogP contribution is 2.26. The minimum Gasteiger partial charge on any atom is -0.371 e. The van der Waals surface area contributed by atoms with E-state index in [1.54, 1.807) is 12.1 Å². The van der Waals surface area contributed by atoms with Crippen molar-refractivity contribution in [2.75, 3.05) is 18.0 Å². The summed E-state index contributed by atoms with van der Waals surface area (Å²) in [5.74, 6) is -0.783. The zero-order valence-corrected chi connectivity index (χ0v) is 11.9. The third kappa shape index (κ3) is 3.60. The lowest BCUT2D eigenvalue weighted by molar-refractivity contribution is -0.132. The lowest BCUT2D eigenvalue weighted by Crippen LogP contribution is -2.31. The summed E-state index contributed by atoms with van der Waals surface area (Å²) < 4.78 is 17.4. The van der Waals surface area contributed by atoms with E-state index in [-0.39, 0.29) is 5.82 Å². The molecule has 4 nitrogen and oxygen atoms in total. The standard InChI is InChI=1S/C16H17FN2O2/c1-2-15(16(20)21-11-18)12-7-9-19(10-8-12)14-5-3-13(17)4-6-14/h3-6H,2,7-10H2,1H3. The molecule has 1 aliphatic rings. The van der Waals surface area contributed by atoms with Gasteiger partial charge < -0.3 is 9.64 Å². The van der Waals surface area contributed by atoms with Crippen LogP contribution in [0.2, 0.25) is 0 Å². The lowest BCUT2D eigenvalue weighted by atomic mass is 9.96. The van der Waals surface area contributed by atoms with Gasteiger partial charge in [0.05, 0.1) is 0 Å². The van der Waals surface area contributed by atoms with Crippen molar-refractivity contribution in [2.24, 2.45) is 0 Å². The monoisotopic (exact) mass is 288 g/mol. The Morgan fingerprint density at radius 1 is 1.33 bits per heavy atom. The van der Waals surface area contributed by atoms with Gasteiger partial charge in [0.1, 0.15) is 5.82 Å². The van der Waals surface area contributed by atoms with Gasteiger partial charge in [-0.1, -0.05) is 12.5 Å². The molecule has 1 aliphatic heterocycles. The normalized spacial score (nSPS) is 14.5. The van der Waals surface area contributed by atoms with E-state index in [0.717, 1.165) is 37.2 Å². The molecule has 1 aromatic rings. The molecular formula is C16H17FN2O2. The average molecular weight is 288 g/mol. The van der Waals surface area contributed by atoms with E-state index in [9.17, 15) is 9.18 Å². The number of benzene rings is 1. The number of esters is 1. The minimum absolute atomic E-state index is 0.246. The van der Waals surface area contributed by atoms with Crippen LogP contribution >= 0.6 is 0 Å². The van der Waals surface area contributed by atoms with Gasteiger partial charge in [0, 0.05) is 24.4 Å². The zero-order valence-electron chi connectivity index (χ0n) is 11.9. The van der Waals surface area contributed by atoms with Crippen molar-refractivity contribution in [1.82, 2.24) is 0 Å². The Kier molecular flexibility index (Phi) is 4.94. The third-order valence-electron chi connectivity index (χ3n) is 3.72. The Morgan fingerprint density at radius 2 is 1.95 bits per heavy atom. The topological polar surface area (TPSA) is 53.3 Å². The summed E-state index contributed by atoms with van der Waals surface area (Å²) >= 11 is 0. The number of carbonyl (C=O) groups is 1. The summed E-state index contributed by atoms with van der Waals surface area (Å²) in [4.78, 5) is 13.9. The minimum atomic E-state index is -0.537. The zero-order chi connectivity index (χ0) is 15.2. The van der Waals surface area contributed by atoms with Crippen molar-refractivity contribution in [3.05, 3.63) is 41.2 Å². The maximum Gasteiger partial charge on any atom is 0.349 e. The van der Waals surface area contributed by atoms with E-state index in [1.807, 2.05) is 6.92 Å². The Labute approximate surface area is 123 Å². The van der Waals surface area contributed by atoms with E-state index in [1.165, 1.54) is 18.4 Å². The molecule has 1 saturated heterocycles. The van der Waals surface area contributed by atoms with E-state index in [4.69, 9.17) is 5.26 Å². The molecule has 110 valence electrons. The summed E-state index contributed by atoms with van der Waals surface area (Å²) in [5.41, 5.74) is 2.64. The Morgan fingerprint density at radius 3 is 2.48 bits per heavy atom. The molecule has 21 heavy (non-hydrogen) atoms. The van der Waals surface area contributed by atoms with Crippen LogP contribution in [0.3, 0.4) is 0 Å². The number of halogens is 1. The Balaban J connectivity index is 2.06. The van der Waals surface area contributed by atoms with E-state index in [2.05, 4.69) is 9.64 Å². The number of ether oxygens (including phenoxy) is 1. The molecule has 0 saturated carbocycles. The van der Waals surface area contributed by atoms with E-state index in [0.29, 0.717) is 12.0 Å². The predicted molar refractivity (Wildman–Crippen MR) is 76.9 cm³/mol. The van der Waals surface area contributed by atoms with Gasteiger partial charge in [0.15, 0.2) is 0 Å². The summed E-state index contributed by atoms with van der Waals surface area (Å²) in [5, 5.41) is 8.44. The first-order chi connectivity index (χ1) is 10.2. The molecular weight excluding hydrogens is 271 g/mol. The number of anilines is 1. The van der Waals surface area contributed by atoms with Gasteiger partial charge in [-0.3, -0.25) is 0 Å². The van der Waals surface area contributed by atoms with Gasteiger partial charge in [0.25, 0.3) is 6.26 Å². The van der Waals surface area contributed by atoms with Crippen LogP contribution in [0.15, 0.2) is 35.4 Å². The van der Waals surface area contributed by atoms with Crippen molar-refractivity contribution in [1.29, 1.82) is 5.26 Å². The Bertz CT molecular complexity index is 577. The fourth-order valence-electron chi connectivity index (χ4n) is 2.63. The molecule has 0 unspecified atom stereocenters. The van der Waals surface area contributed by atoms with Gasteiger partial charge in [-0.2, -0.15) is 0 Å². The van der Waals surface area contributed by atoms with E-state index < -0.39 is 5.97 Å². The van der Waals surface area contributed by atoms with Crippen LogP contribution in [0.1, 0.15) is 26.2 Å². The third-order valence-corrected chi connectivity index (χ3v) is 3.72.